The lowest BCUT2D eigenvalue weighted by molar-refractivity contribution is -0.137. The van der Waals surface area contributed by atoms with Crippen LogP contribution in [0.2, 0.25) is 0 Å². The van der Waals surface area contributed by atoms with Crippen LogP contribution in [0, 0.1) is 0 Å². The molecule has 1 saturated heterocycles. The van der Waals surface area contributed by atoms with Gasteiger partial charge in [-0.05, 0) is 6.42 Å². The highest BCUT2D eigenvalue weighted by molar-refractivity contribution is 5.81. The van der Waals surface area contributed by atoms with Gasteiger partial charge >= 0.3 is 5.97 Å². The Bertz CT molecular complexity index is 176. The van der Waals surface area contributed by atoms with Gasteiger partial charge in [-0.1, -0.05) is 6.58 Å². The van der Waals surface area contributed by atoms with Crippen molar-refractivity contribution < 1.29 is 14.3 Å². The largest absolute Gasteiger partial charge is 0.462 e. The van der Waals surface area contributed by atoms with Crippen LogP contribution < -0.4 is 0 Å². The van der Waals surface area contributed by atoms with Crippen LogP contribution in [0.15, 0.2) is 12.7 Å². The van der Waals surface area contributed by atoms with Crippen molar-refractivity contribution in [2.75, 3.05) is 33.0 Å². The van der Waals surface area contributed by atoms with Gasteiger partial charge in [0.2, 0.25) is 0 Å². The van der Waals surface area contributed by atoms with E-state index in [-0.39, 0.29) is 5.97 Å². The van der Waals surface area contributed by atoms with Crippen molar-refractivity contribution in [1.82, 2.24) is 4.90 Å². The van der Waals surface area contributed by atoms with E-state index in [0.717, 1.165) is 26.1 Å². The van der Waals surface area contributed by atoms with Gasteiger partial charge in [-0.15, -0.1) is 0 Å². The highest BCUT2D eigenvalue weighted by Crippen LogP contribution is 1.99. The van der Waals surface area contributed by atoms with Crippen LogP contribution in [0.3, 0.4) is 0 Å². The van der Waals surface area contributed by atoms with Crippen molar-refractivity contribution in [3.8, 4) is 0 Å². The molecule has 0 saturated carbocycles. The number of hydrogen-bond donors (Lipinski definition) is 0. The van der Waals surface area contributed by atoms with Gasteiger partial charge in [-0.3, -0.25) is 4.90 Å². The Morgan fingerprint density at radius 2 is 2.54 bits per heavy atom. The van der Waals surface area contributed by atoms with E-state index in [1.165, 1.54) is 6.08 Å². The first-order valence-corrected chi connectivity index (χ1v) is 4.42. The van der Waals surface area contributed by atoms with E-state index >= 15 is 0 Å². The van der Waals surface area contributed by atoms with Crippen LogP contribution >= 0.6 is 0 Å². The zero-order chi connectivity index (χ0) is 9.52. The second-order valence-electron chi connectivity index (χ2n) is 2.88. The smallest absolute Gasteiger partial charge is 0.330 e. The molecule has 4 heteroatoms. The Morgan fingerprint density at radius 3 is 3.15 bits per heavy atom. The first kappa shape index (κ1) is 10.2. The average molecular weight is 185 g/mol. The Morgan fingerprint density at radius 1 is 1.69 bits per heavy atom. The molecule has 1 heterocycles. The summed E-state index contributed by atoms with van der Waals surface area (Å²) in [5, 5.41) is 0. The van der Waals surface area contributed by atoms with E-state index in [1.54, 1.807) is 0 Å². The quantitative estimate of drug-likeness (QED) is 0.353. The molecule has 0 spiro atoms. The molecule has 74 valence electrons. The molecule has 13 heavy (non-hydrogen) atoms. The average Bonchev–Trinajstić information content (AvgIpc) is 2.64. The molecule has 1 aliphatic heterocycles. The number of hydrogen-bond acceptors (Lipinski definition) is 4. The van der Waals surface area contributed by atoms with Crippen LogP contribution in [0.1, 0.15) is 6.42 Å². The van der Waals surface area contributed by atoms with Gasteiger partial charge in [0.1, 0.15) is 0 Å². The van der Waals surface area contributed by atoms with Gasteiger partial charge in [0, 0.05) is 19.2 Å². The summed E-state index contributed by atoms with van der Waals surface area (Å²) in [6.45, 7) is 7.19. The summed E-state index contributed by atoms with van der Waals surface area (Å²) in [5.74, 6) is -0.349. The summed E-state index contributed by atoms with van der Waals surface area (Å²) in [6, 6.07) is 0. The maximum atomic E-state index is 10.6. The van der Waals surface area contributed by atoms with Gasteiger partial charge in [0.15, 0.2) is 0 Å². The molecule has 0 aliphatic carbocycles. The second kappa shape index (κ2) is 5.72. The van der Waals surface area contributed by atoms with E-state index in [9.17, 15) is 4.79 Å². The fourth-order valence-corrected chi connectivity index (χ4v) is 1.15. The van der Waals surface area contributed by atoms with Crippen molar-refractivity contribution in [1.29, 1.82) is 0 Å². The summed E-state index contributed by atoms with van der Waals surface area (Å²) in [6.07, 6.45) is 2.03. The maximum Gasteiger partial charge on any atom is 0.330 e. The summed E-state index contributed by atoms with van der Waals surface area (Å²) < 4.78 is 9.98. The highest BCUT2D eigenvalue weighted by Gasteiger charge is 2.10. The second-order valence-corrected chi connectivity index (χ2v) is 2.88. The Labute approximate surface area is 78.1 Å². The molecule has 0 aromatic carbocycles. The minimum Gasteiger partial charge on any atom is -0.462 e. The molecule has 0 aromatic heterocycles. The molecule has 4 nitrogen and oxygen atoms in total. The zero-order valence-electron chi connectivity index (χ0n) is 7.70. The normalized spacial score (nSPS) is 17.2. The summed E-state index contributed by atoms with van der Waals surface area (Å²) >= 11 is 0. The molecule has 0 N–H and O–H groups in total. The fraction of sp³-hybridized carbons (Fsp3) is 0.667. The van der Waals surface area contributed by atoms with E-state index in [0.29, 0.717) is 13.3 Å². The SMILES string of the molecule is C=CC(=O)OCCCN1CCOC1. The lowest BCUT2D eigenvalue weighted by atomic mass is 10.4. The van der Waals surface area contributed by atoms with E-state index < -0.39 is 0 Å². The van der Waals surface area contributed by atoms with Crippen molar-refractivity contribution in [3.05, 3.63) is 12.7 Å². The van der Waals surface area contributed by atoms with Crippen molar-refractivity contribution >= 4 is 5.97 Å². The minimum atomic E-state index is -0.349. The number of carbonyl (C=O) groups is 1. The molecule has 0 atom stereocenters. The molecule has 0 aromatic rings. The van der Waals surface area contributed by atoms with Crippen LogP contribution in [-0.4, -0.2) is 43.9 Å². The van der Waals surface area contributed by atoms with Crippen molar-refractivity contribution in [3.63, 3.8) is 0 Å². The molecular formula is C9H15NO3. The molecule has 0 unspecified atom stereocenters. The topological polar surface area (TPSA) is 38.8 Å². The van der Waals surface area contributed by atoms with Gasteiger partial charge in [0.25, 0.3) is 0 Å². The lowest BCUT2D eigenvalue weighted by Gasteiger charge is -2.11. The van der Waals surface area contributed by atoms with E-state index in [1.807, 2.05) is 0 Å². The molecule has 0 bridgehead atoms. The number of nitrogens with zero attached hydrogens (tertiary/aromatic N) is 1. The highest BCUT2D eigenvalue weighted by atomic mass is 16.5. The number of rotatable bonds is 5. The van der Waals surface area contributed by atoms with E-state index in [2.05, 4.69) is 11.5 Å². The molecule has 0 radical (unpaired) electrons. The predicted molar refractivity (Wildman–Crippen MR) is 48.2 cm³/mol. The summed E-state index contributed by atoms with van der Waals surface area (Å²) in [4.78, 5) is 12.8. The Hall–Kier alpha value is -0.870. The first-order chi connectivity index (χ1) is 6.33. The van der Waals surface area contributed by atoms with Crippen LogP contribution in [0.4, 0.5) is 0 Å². The van der Waals surface area contributed by atoms with Crippen LogP contribution in [0.5, 0.6) is 0 Å². The Kier molecular flexibility index (Phi) is 4.49. The molecule has 1 rings (SSSR count). The molecular weight excluding hydrogens is 170 g/mol. The third-order valence-electron chi connectivity index (χ3n) is 1.86. The summed E-state index contributed by atoms with van der Waals surface area (Å²) in [7, 11) is 0. The van der Waals surface area contributed by atoms with Crippen LogP contribution in [0.25, 0.3) is 0 Å². The lowest BCUT2D eigenvalue weighted by Crippen LogP contribution is -2.22. The zero-order valence-corrected chi connectivity index (χ0v) is 7.70. The molecule has 1 fully saturated rings. The van der Waals surface area contributed by atoms with Crippen molar-refractivity contribution in [2.24, 2.45) is 0 Å². The number of esters is 1. The van der Waals surface area contributed by atoms with E-state index in [4.69, 9.17) is 9.47 Å². The van der Waals surface area contributed by atoms with Gasteiger partial charge in [0.05, 0.1) is 19.9 Å². The maximum absolute atomic E-state index is 10.6. The van der Waals surface area contributed by atoms with Crippen LogP contribution in [-0.2, 0) is 14.3 Å². The number of carbonyl (C=O) groups excluding carboxylic acids is 1. The fourth-order valence-electron chi connectivity index (χ4n) is 1.15. The first-order valence-electron chi connectivity index (χ1n) is 4.42. The predicted octanol–water partition coefficient (Wildman–Crippen LogP) is 0.395. The Balaban J connectivity index is 1.94. The van der Waals surface area contributed by atoms with Crippen molar-refractivity contribution in [2.45, 2.75) is 6.42 Å². The minimum absolute atomic E-state index is 0.349. The monoisotopic (exact) mass is 185 g/mol. The van der Waals surface area contributed by atoms with Gasteiger partial charge < -0.3 is 9.47 Å². The standard InChI is InChI=1S/C9H15NO3/c1-2-9(11)13-6-3-4-10-5-7-12-8-10/h2H,1,3-8H2. The third kappa shape index (κ3) is 4.05. The number of ether oxygens (including phenoxy) is 2. The molecule has 1 aliphatic rings. The molecule has 0 amide bonds. The van der Waals surface area contributed by atoms with Gasteiger partial charge in [-0.25, -0.2) is 4.79 Å². The summed E-state index contributed by atoms with van der Waals surface area (Å²) in [5.41, 5.74) is 0. The third-order valence-corrected chi connectivity index (χ3v) is 1.86. The van der Waals surface area contributed by atoms with Gasteiger partial charge in [-0.2, -0.15) is 0 Å².